The monoisotopic (exact) mass is 228 g/mol. The van der Waals surface area contributed by atoms with E-state index in [0.29, 0.717) is 0 Å². The van der Waals surface area contributed by atoms with E-state index < -0.39 is 21.4 Å². The summed E-state index contributed by atoms with van der Waals surface area (Å²) in [5.74, 6) is -0.837. The van der Waals surface area contributed by atoms with Gasteiger partial charge in [-0.25, -0.2) is 17.5 Å². The van der Waals surface area contributed by atoms with Crippen LogP contribution in [0.4, 0.5) is 4.39 Å². The lowest BCUT2D eigenvalue weighted by atomic mass is 10.2. The highest BCUT2D eigenvalue weighted by molar-refractivity contribution is 7.89. The Morgan fingerprint density at radius 3 is 2.73 bits per heavy atom. The van der Waals surface area contributed by atoms with Crippen molar-refractivity contribution in [1.29, 1.82) is 5.26 Å². The summed E-state index contributed by atoms with van der Waals surface area (Å²) >= 11 is 0. The summed E-state index contributed by atoms with van der Waals surface area (Å²) in [4.78, 5) is -0.327. The third kappa shape index (κ3) is 2.32. The number of rotatable bonds is 3. The van der Waals surface area contributed by atoms with Crippen LogP contribution in [0, 0.1) is 17.1 Å². The Morgan fingerprint density at radius 2 is 2.20 bits per heavy atom. The zero-order chi connectivity index (χ0) is 11.5. The molecule has 0 aliphatic carbocycles. The zero-order valence-corrected chi connectivity index (χ0v) is 8.81. The van der Waals surface area contributed by atoms with Crippen LogP contribution in [0.15, 0.2) is 23.1 Å². The van der Waals surface area contributed by atoms with Crippen LogP contribution >= 0.6 is 0 Å². The highest BCUT2D eigenvalue weighted by Crippen LogP contribution is 2.17. The SMILES string of the molecule is CCNS(=O)(=O)c1cccc(F)c1C#N. The topological polar surface area (TPSA) is 70.0 Å². The molecule has 15 heavy (non-hydrogen) atoms. The summed E-state index contributed by atoms with van der Waals surface area (Å²) in [6.45, 7) is 1.78. The van der Waals surface area contributed by atoms with Gasteiger partial charge in [0.05, 0.1) is 0 Å². The van der Waals surface area contributed by atoms with E-state index in [-0.39, 0.29) is 11.4 Å². The first-order valence-corrected chi connectivity index (χ1v) is 5.69. The Hall–Kier alpha value is -1.45. The fourth-order valence-corrected chi connectivity index (χ4v) is 2.31. The molecule has 0 unspecified atom stereocenters. The van der Waals surface area contributed by atoms with Crippen molar-refractivity contribution in [2.45, 2.75) is 11.8 Å². The number of sulfonamides is 1. The molecule has 1 rings (SSSR count). The van der Waals surface area contributed by atoms with Crippen molar-refractivity contribution in [3.8, 4) is 6.07 Å². The normalized spacial score (nSPS) is 11.0. The molecule has 0 bridgehead atoms. The maximum Gasteiger partial charge on any atom is 0.241 e. The summed E-state index contributed by atoms with van der Waals surface area (Å²) in [7, 11) is -3.79. The number of nitrogens with zero attached hydrogens (tertiary/aromatic N) is 1. The average molecular weight is 228 g/mol. The molecule has 0 saturated carbocycles. The van der Waals surface area contributed by atoms with Crippen LogP contribution in [0.2, 0.25) is 0 Å². The van der Waals surface area contributed by atoms with Crippen molar-refractivity contribution in [2.24, 2.45) is 0 Å². The minimum absolute atomic E-state index is 0.184. The smallest absolute Gasteiger partial charge is 0.211 e. The Kier molecular flexibility index (Phi) is 3.39. The Labute approximate surface area is 87.4 Å². The Bertz CT molecular complexity index is 505. The average Bonchev–Trinajstić information content (AvgIpc) is 2.17. The number of hydrogen-bond acceptors (Lipinski definition) is 3. The fraction of sp³-hybridized carbons (Fsp3) is 0.222. The van der Waals surface area contributed by atoms with Gasteiger partial charge in [-0.15, -0.1) is 0 Å². The maximum absolute atomic E-state index is 13.1. The van der Waals surface area contributed by atoms with Crippen LogP contribution in [0.3, 0.4) is 0 Å². The van der Waals surface area contributed by atoms with E-state index in [1.54, 1.807) is 6.92 Å². The summed E-state index contributed by atoms with van der Waals surface area (Å²) < 4.78 is 38.4. The molecule has 0 aliphatic rings. The van der Waals surface area contributed by atoms with Gasteiger partial charge in [-0.3, -0.25) is 0 Å². The van der Waals surface area contributed by atoms with Gasteiger partial charge in [0.15, 0.2) is 0 Å². The molecule has 0 aliphatic heterocycles. The van der Waals surface area contributed by atoms with Gasteiger partial charge in [0.1, 0.15) is 22.3 Å². The van der Waals surface area contributed by atoms with Gasteiger partial charge in [0.25, 0.3) is 0 Å². The molecule has 0 aromatic heterocycles. The summed E-state index contributed by atoms with van der Waals surface area (Å²) in [6, 6.07) is 5.02. The molecule has 1 aromatic rings. The molecular formula is C9H9FN2O2S. The van der Waals surface area contributed by atoms with E-state index in [1.165, 1.54) is 18.2 Å². The van der Waals surface area contributed by atoms with Crippen molar-refractivity contribution in [3.63, 3.8) is 0 Å². The van der Waals surface area contributed by atoms with Crippen molar-refractivity contribution >= 4 is 10.0 Å². The van der Waals surface area contributed by atoms with E-state index in [0.717, 1.165) is 6.07 Å². The van der Waals surface area contributed by atoms with Gasteiger partial charge in [-0.05, 0) is 12.1 Å². The summed E-state index contributed by atoms with van der Waals surface area (Å²) in [5, 5.41) is 8.65. The maximum atomic E-state index is 13.1. The fourth-order valence-electron chi connectivity index (χ4n) is 1.10. The molecule has 0 saturated heterocycles. The molecule has 0 atom stereocenters. The zero-order valence-electron chi connectivity index (χ0n) is 7.99. The second kappa shape index (κ2) is 4.38. The molecule has 0 spiro atoms. The van der Waals surface area contributed by atoms with Gasteiger partial charge in [0, 0.05) is 6.54 Å². The molecule has 0 radical (unpaired) electrons. The van der Waals surface area contributed by atoms with Crippen LogP contribution in [-0.4, -0.2) is 15.0 Å². The van der Waals surface area contributed by atoms with Crippen LogP contribution in [0.1, 0.15) is 12.5 Å². The van der Waals surface area contributed by atoms with Crippen LogP contribution in [0.25, 0.3) is 0 Å². The Morgan fingerprint density at radius 1 is 1.53 bits per heavy atom. The number of nitrogens with one attached hydrogen (secondary N) is 1. The molecular weight excluding hydrogens is 219 g/mol. The largest absolute Gasteiger partial charge is 0.241 e. The van der Waals surface area contributed by atoms with Gasteiger partial charge < -0.3 is 0 Å². The van der Waals surface area contributed by atoms with Gasteiger partial charge in [-0.2, -0.15) is 5.26 Å². The van der Waals surface area contributed by atoms with E-state index in [9.17, 15) is 12.8 Å². The van der Waals surface area contributed by atoms with Crippen molar-refractivity contribution < 1.29 is 12.8 Å². The second-order valence-corrected chi connectivity index (χ2v) is 4.46. The van der Waals surface area contributed by atoms with Gasteiger partial charge >= 0.3 is 0 Å². The molecule has 1 aromatic carbocycles. The van der Waals surface area contributed by atoms with Crippen molar-refractivity contribution in [1.82, 2.24) is 4.72 Å². The Balaban J connectivity index is 3.40. The van der Waals surface area contributed by atoms with E-state index >= 15 is 0 Å². The molecule has 1 N–H and O–H groups in total. The lowest BCUT2D eigenvalue weighted by Gasteiger charge is -2.06. The van der Waals surface area contributed by atoms with Crippen molar-refractivity contribution in [2.75, 3.05) is 6.54 Å². The van der Waals surface area contributed by atoms with Crippen LogP contribution in [0.5, 0.6) is 0 Å². The standard InChI is InChI=1S/C9H9FN2O2S/c1-2-12-15(13,14)9-5-3-4-8(10)7(9)6-11/h3-5,12H,2H2,1H3. The highest BCUT2D eigenvalue weighted by atomic mass is 32.2. The minimum atomic E-state index is -3.79. The first kappa shape index (κ1) is 11.6. The number of nitriles is 1. The summed E-state index contributed by atoms with van der Waals surface area (Å²) in [6.07, 6.45) is 0. The molecule has 6 heteroatoms. The molecule has 0 amide bonds. The van der Waals surface area contributed by atoms with Crippen LogP contribution in [-0.2, 0) is 10.0 Å². The molecule has 80 valence electrons. The third-order valence-electron chi connectivity index (χ3n) is 1.71. The van der Waals surface area contributed by atoms with Gasteiger partial charge in [-0.1, -0.05) is 13.0 Å². The second-order valence-electron chi connectivity index (χ2n) is 2.73. The first-order chi connectivity index (χ1) is 7.03. The van der Waals surface area contributed by atoms with E-state index in [2.05, 4.69) is 4.72 Å². The highest BCUT2D eigenvalue weighted by Gasteiger charge is 2.19. The lowest BCUT2D eigenvalue weighted by Crippen LogP contribution is -2.24. The minimum Gasteiger partial charge on any atom is -0.211 e. The van der Waals surface area contributed by atoms with E-state index in [1.807, 2.05) is 0 Å². The number of benzene rings is 1. The predicted molar refractivity (Wildman–Crippen MR) is 52.0 cm³/mol. The molecule has 4 nitrogen and oxygen atoms in total. The van der Waals surface area contributed by atoms with E-state index in [4.69, 9.17) is 5.26 Å². The van der Waals surface area contributed by atoms with Crippen molar-refractivity contribution in [3.05, 3.63) is 29.6 Å². The number of hydrogen-bond donors (Lipinski definition) is 1. The first-order valence-electron chi connectivity index (χ1n) is 4.21. The number of halogens is 1. The van der Waals surface area contributed by atoms with Gasteiger partial charge in [0.2, 0.25) is 10.0 Å². The lowest BCUT2D eigenvalue weighted by molar-refractivity contribution is 0.578. The third-order valence-corrected chi connectivity index (χ3v) is 3.30. The molecule has 0 fully saturated rings. The molecule has 0 heterocycles. The summed E-state index contributed by atoms with van der Waals surface area (Å²) in [5.41, 5.74) is -0.460. The quantitative estimate of drug-likeness (QED) is 0.838. The van der Waals surface area contributed by atoms with Crippen LogP contribution < -0.4 is 4.72 Å². The predicted octanol–water partition coefficient (Wildman–Crippen LogP) is 0.996.